The van der Waals surface area contributed by atoms with Crippen LogP contribution in [0, 0.1) is 6.92 Å². The number of aryl methyl sites for hydroxylation is 1. The van der Waals surface area contributed by atoms with Crippen LogP contribution < -0.4 is 15.0 Å². The standard InChI is InChI=1S/C33H28N2O3/c1-4-17-35(18-5-2)24-15-16-25-27(20-24)33(38-32(25)36)26-13-9-10-14-30(26)37-31-19-22(3)29(21-28(31)33)34-23-11-7-6-8-12-23/h4-16,19-21,34H,1-2,17-18H2,3H3. The first-order chi connectivity index (χ1) is 18.5. The van der Waals surface area contributed by atoms with Gasteiger partial charge in [0.25, 0.3) is 0 Å². The Bertz CT molecular complexity index is 1570. The van der Waals surface area contributed by atoms with Crippen molar-refractivity contribution >= 4 is 23.0 Å². The maximum absolute atomic E-state index is 13.4. The van der Waals surface area contributed by atoms with E-state index in [1.54, 1.807) is 0 Å². The maximum atomic E-state index is 13.4. The first kappa shape index (κ1) is 23.6. The summed E-state index contributed by atoms with van der Waals surface area (Å²) in [5, 5.41) is 3.52. The van der Waals surface area contributed by atoms with Gasteiger partial charge in [0, 0.05) is 46.8 Å². The molecule has 0 bridgehead atoms. The first-order valence-electron chi connectivity index (χ1n) is 12.6. The smallest absolute Gasteiger partial charge is 0.340 e. The second kappa shape index (κ2) is 9.27. The van der Waals surface area contributed by atoms with Gasteiger partial charge in [0.2, 0.25) is 0 Å². The van der Waals surface area contributed by atoms with E-state index in [1.807, 2.05) is 97.9 Å². The SMILES string of the molecule is C=CCN(CC=C)c1ccc2c(c1)C1(OC2=O)c2ccccc2Oc2cc(C)c(Nc3ccccc3)cc21. The van der Waals surface area contributed by atoms with E-state index in [0.29, 0.717) is 30.2 Å². The normalized spacial score (nSPS) is 16.5. The molecule has 0 saturated carbocycles. The molecule has 0 aromatic heterocycles. The van der Waals surface area contributed by atoms with Crippen molar-refractivity contribution in [3.63, 3.8) is 0 Å². The largest absolute Gasteiger partial charge is 0.456 e. The van der Waals surface area contributed by atoms with Gasteiger partial charge in [-0.2, -0.15) is 0 Å². The van der Waals surface area contributed by atoms with Crippen molar-refractivity contribution in [2.45, 2.75) is 12.5 Å². The lowest BCUT2D eigenvalue weighted by atomic mass is 9.77. The lowest BCUT2D eigenvalue weighted by Crippen LogP contribution is -2.33. The van der Waals surface area contributed by atoms with Gasteiger partial charge in [0.1, 0.15) is 11.5 Å². The van der Waals surface area contributed by atoms with E-state index in [-0.39, 0.29) is 5.97 Å². The molecule has 2 aliphatic rings. The number of carbonyl (C=O) groups excluding carboxylic acids is 1. The molecule has 2 heterocycles. The summed E-state index contributed by atoms with van der Waals surface area (Å²) in [4.78, 5) is 15.6. The molecule has 188 valence electrons. The number of carbonyl (C=O) groups is 1. The Morgan fingerprint density at radius 3 is 2.34 bits per heavy atom. The predicted octanol–water partition coefficient (Wildman–Crippen LogP) is 7.49. The summed E-state index contributed by atoms with van der Waals surface area (Å²) in [5.41, 5.74) is 5.63. The zero-order valence-corrected chi connectivity index (χ0v) is 21.2. The van der Waals surface area contributed by atoms with Gasteiger partial charge in [0.05, 0.1) is 5.56 Å². The van der Waals surface area contributed by atoms with Gasteiger partial charge in [-0.05, 0) is 61.0 Å². The molecule has 0 amide bonds. The van der Waals surface area contributed by atoms with Crippen molar-refractivity contribution in [2.24, 2.45) is 0 Å². The Labute approximate surface area is 222 Å². The Hall–Kier alpha value is -4.77. The third-order valence-electron chi connectivity index (χ3n) is 7.16. The van der Waals surface area contributed by atoms with Crippen molar-refractivity contribution in [2.75, 3.05) is 23.3 Å². The number of rotatable bonds is 7. The number of hydrogen-bond donors (Lipinski definition) is 1. The van der Waals surface area contributed by atoms with E-state index in [9.17, 15) is 4.79 Å². The van der Waals surface area contributed by atoms with Crippen molar-refractivity contribution in [1.82, 2.24) is 0 Å². The number of ether oxygens (including phenoxy) is 2. The number of anilines is 3. The van der Waals surface area contributed by atoms with Crippen LogP contribution in [0.2, 0.25) is 0 Å². The maximum Gasteiger partial charge on any atom is 0.340 e. The van der Waals surface area contributed by atoms with E-state index in [1.165, 1.54) is 0 Å². The van der Waals surface area contributed by atoms with Gasteiger partial charge in [-0.15, -0.1) is 13.2 Å². The molecule has 0 fully saturated rings. The van der Waals surface area contributed by atoms with Crippen molar-refractivity contribution < 1.29 is 14.3 Å². The Kier molecular flexibility index (Phi) is 5.76. The fourth-order valence-corrected chi connectivity index (χ4v) is 5.41. The highest BCUT2D eigenvalue weighted by Gasteiger charge is 2.54. The minimum Gasteiger partial charge on any atom is -0.456 e. The highest BCUT2D eigenvalue weighted by atomic mass is 16.6. The van der Waals surface area contributed by atoms with Crippen LogP contribution in [-0.4, -0.2) is 19.1 Å². The van der Waals surface area contributed by atoms with Crippen molar-refractivity contribution in [3.8, 4) is 11.5 Å². The van der Waals surface area contributed by atoms with E-state index >= 15 is 0 Å². The number of nitrogens with zero attached hydrogens (tertiary/aromatic N) is 1. The molecule has 1 spiro atoms. The number of para-hydroxylation sites is 2. The van der Waals surface area contributed by atoms with Gasteiger partial charge in [-0.25, -0.2) is 4.79 Å². The van der Waals surface area contributed by atoms with Crippen LogP contribution in [-0.2, 0) is 10.3 Å². The lowest BCUT2D eigenvalue weighted by molar-refractivity contribution is 0.0224. The van der Waals surface area contributed by atoms with E-state index < -0.39 is 5.60 Å². The molecule has 38 heavy (non-hydrogen) atoms. The van der Waals surface area contributed by atoms with E-state index in [0.717, 1.165) is 39.3 Å². The van der Waals surface area contributed by atoms with Gasteiger partial charge in [0.15, 0.2) is 5.60 Å². The number of benzene rings is 4. The van der Waals surface area contributed by atoms with Crippen molar-refractivity contribution in [3.05, 3.63) is 138 Å². The molecule has 2 aliphatic heterocycles. The van der Waals surface area contributed by atoms with Gasteiger partial charge < -0.3 is 19.7 Å². The summed E-state index contributed by atoms with van der Waals surface area (Å²) in [6, 6.07) is 27.7. The molecular formula is C33H28N2O3. The first-order valence-corrected chi connectivity index (χ1v) is 12.6. The monoisotopic (exact) mass is 500 g/mol. The molecule has 5 heteroatoms. The van der Waals surface area contributed by atoms with Crippen LogP contribution in [0.1, 0.15) is 32.6 Å². The minimum absolute atomic E-state index is 0.355. The topological polar surface area (TPSA) is 50.8 Å². The van der Waals surface area contributed by atoms with E-state index in [4.69, 9.17) is 9.47 Å². The molecule has 1 N–H and O–H groups in total. The molecule has 0 saturated heterocycles. The minimum atomic E-state index is -1.15. The van der Waals surface area contributed by atoms with Crippen molar-refractivity contribution in [1.29, 1.82) is 0 Å². The Balaban J connectivity index is 1.59. The molecule has 1 atom stereocenters. The highest BCUT2D eigenvalue weighted by molar-refractivity contribution is 5.98. The number of hydrogen-bond acceptors (Lipinski definition) is 5. The predicted molar refractivity (Wildman–Crippen MR) is 152 cm³/mol. The molecular weight excluding hydrogens is 472 g/mol. The summed E-state index contributed by atoms with van der Waals surface area (Å²) < 4.78 is 12.8. The molecule has 0 radical (unpaired) electrons. The van der Waals surface area contributed by atoms with Crippen LogP contribution in [0.25, 0.3) is 0 Å². The van der Waals surface area contributed by atoms with Gasteiger partial charge in [-0.3, -0.25) is 0 Å². The third kappa shape index (κ3) is 3.67. The fourth-order valence-electron chi connectivity index (χ4n) is 5.41. The molecule has 4 aromatic carbocycles. The zero-order valence-electron chi connectivity index (χ0n) is 21.2. The Morgan fingerprint density at radius 2 is 1.58 bits per heavy atom. The average molecular weight is 501 g/mol. The molecule has 5 nitrogen and oxygen atoms in total. The number of nitrogens with one attached hydrogen (secondary N) is 1. The molecule has 0 aliphatic carbocycles. The fraction of sp³-hybridized carbons (Fsp3) is 0.121. The van der Waals surface area contributed by atoms with Gasteiger partial charge >= 0.3 is 5.97 Å². The summed E-state index contributed by atoms with van der Waals surface area (Å²) in [6.45, 7) is 11.2. The van der Waals surface area contributed by atoms with Crippen LogP contribution >= 0.6 is 0 Å². The summed E-state index contributed by atoms with van der Waals surface area (Å²) >= 11 is 0. The summed E-state index contributed by atoms with van der Waals surface area (Å²) in [5.74, 6) is 0.981. The number of fused-ring (bicyclic) bond motifs is 6. The van der Waals surface area contributed by atoms with Gasteiger partial charge in [-0.1, -0.05) is 48.6 Å². The molecule has 6 rings (SSSR count). The quantitative estimate of drug-likeness (QED) is 0.211. The number of esters is 1. The Morgan fingerprint density at radius 1 is 0.842 bits per heavy atom. The zero-order chi connectivity index (χ0) is 26.3. The van der Waals surface area contributed by atoms with E-state index in [2.05, 4.69) is 29.4 Å². The summed E-state index contributed by atoms with van der Waals surface area (Å²) in [7, 11) is 0. The summed E-state index contributed by atoms with van der Waals surface area (Å²) in [6.07, 6.45) is 3.72. The van der Waals surface area contributed by atoms with Crippen LogP contribution in [0.3, 0.4) is 0 Å². The highest BCUT2D eigenvalue weighted by Crippen LogP contribution is 2.57. The average Bonchev–Trinajstić information content (AvgIpc) is 3.22. The van der Waals surface area contributed by atoms with Crippen LogP contribution in [0.15, 0.2) is 110 Å². The second-order valence-corrected chi connectivity index (χ2v) is 9.54. The third-order valence-corrected chi connectivity index (χ3v) is 7.16. The molecule has 4 aromatic rings. The lowest BCUT2D eigenvalue weighted by Gasteiger charge is -2.37. The van der Waals surface area contributed by atoms with Crippen LogP contribution in [0.5, 0.6) is 11.5 Å². The molecule has 1 unspecified atom stereocenters. The second-order valence-electron chi connectivity index (χ2n) is 9.54. The van der Waals surface area contributed by atoms with Crippen LogP contribution in [0.4, 0.5) is 17.1 Å².